The highest BCUT2D eigenvalue weighted by Crippen LogP contribution is 2.12. The number of carbonyl (C=O) groups excluding carboxylic acids is 1. The molecule has 1 aromatic rings. The molecular formula is C9H14N2O2. The highest BCUT2D eigenvalue weighted by molar-refractivity contribution is 5.69. The van der Waals surface area contributed by atoms with E-state index < -0.39 is 0 Å². The second kappa shape index (κ2) is 4.07. The van der Waals surface area contributed by atoms with E-state index >= 15 is 0 Å². The summed E-state index contributed by atoms with van der Waals surface area (Å²) >= 11 is 0. The highest BCUT2D eigenvalue weighted by Gasteiger charge is 2.11. The lowest BCUT2D eigenvalue weighted by Crippen LogP contribution is -2.12. The molecule has 0 radical (unpaired) electrons. The summed E-state index contributed by atoms with van der Waals surface area (Å²) in [6.07, 6.45) is 3.97. The summed E-state index contributed by atoms with van der Waals surface area (Å²) in [7, 11) is 1.40. The largest absolute Gasteiger partial charge is 0.469 e. The molecule has 1 atom stereocenters. The van der Waals surface area contributed by atoms with Crippen molar-refractivity contribution in [1.29, 1.82) is 0 Å². The maximum atomic E-state index is 11.0. The Balaban J connectivity index is 2.63. The monoisotopic (exact) mass is 182 g/mol. The molecule has 0 saturated heterocycles. The van der Waals surface area contributed by atoms with E-state index in [0.29, 0.717) is 6.42 Å². The molecular weight excluding hydrogens is 168 g/mol. The highest BCUT2D eigenvalue weighted by atomic mass is 16.5. The van der Waals surface area contributed by atoms with E-state index in [4.69, 9.17) is 0 Å². The van der Waals surface area contributed by atoms with Gasteiger partial charge in [0.15, 0.2) is 0 Å². The zero-order valence-electron chi connectivity index (χ0n) is 8.15. The first kappa shape index (κ1) is 9.77. The Morgan fingerprint density at radius 3 is 2.92 bits per heavy atom. The topological polar surface area (TPSA) is 44.1 Å². The molecule has 0 N–H and O–H groups in total. The Labute approximate surface area is 77.5 Å². The van der Waals surface area contributed by atoms with Crippen molar-refractivity contribution < 1.29 is 9.53 Å². The third kappa shape index (κ3) is 2.31. The number of carbonyl (C=O) groups is 1. The fourth-order valence-electron chi connectivity index (χ4n) is 1.28. The Morgan fingerprint density at radius 2 is 2.46 bits per heavy atom. The number of rotatable bonds is 3. The lowest BCUT2D eigenvalue weighted by molar-refractivity contribution is -0.141. The fraction of sp³-hybridized carbons (Fsp3) is 0.556. The van der Waals surface area contributed by atoms with Crippen molar-refractivity contribution in [2.24, 2.45) is 0 Å². The fourth-order valence-corrected chi connectivity index (χ4v) is 1.28. The number of nitrogens with zero attached hydrogens (tertiary/aromatic N) is 2. The Hall–Kier alpha value is -1.32. The van der Waals surface area contributed by atoms with E-state index in [2.05, 4.69) is 9.72 Å². The van der Waals surface area contributed by atoms with Gasteiger partial charge in [-0.2, -0.15) is 0 Å². The SMILES string of the molecule is COC(=O)CC(C)n1ccnc1C. The van der Waals surface area contributed by atoms with Crippen LogP contribution in [0, 0.1) is 6.92 Å². The maximum absolute atomic E-state index is 11.0. The van der Waals surface area contributed by atoms with Crippen molar-refractivity contribution in [1.82, 2.24) is 9.55 Å². The lowest BCUT2D eigenvalue weighted by Gasteiger charge is -2.13. The van der Waals surface area contributed by atoms with E-state index in [-0.39, 0.29) is 12.0 Å². The van der Waals surface area contributed by atoms with Gasteiger partial charge in [0.1, 0.15) is 5.82 Å². The molecule has 0 saturated carbocycles. The number of ether oxygens (including phenoxy) is 1. The molecule has 4 heteroatoms. The van der Waals surface area contributed by atoms with E-state index in [1.54, 1.807) is 6.20 Å². The molecule has 0 bridgehead atoms. The van der Waals surface area contributed by atoms with Gasteiger partial charge in [-0.15, -0.1) is 0 Å². The molecule has 0 fully saturated rings. The molecule has 1 aromatic heterocycles. The number of hydrogen-bond acceptors (Lipinski definition) is 3. The number of aromatic nitrogens is 2. The second-order valence-corrected chi connectivity index (χ2v) is 3.01. The summed E-state index contributed by atoms with van der Waals surface area (Å²) in [6.45, 7) is 3.87. The van der Waals surface area contributed by atoms with Crippen LogP contribution in [0.2, 0.25) is 0 Å². The zero-order valence-corrected chi connectivity index (χ0v) is 8.15. The number of methoxy groups -OCH3 is 1. The van der Waals surface area contributed by atoms with Crippen LogP contribution in [0.3, 0.4) is 0 Å². The van der Waals surface area contributed by atoms with Gasteiger partial charge in [-0.1, -0.05) is 0 Å². The van der Waals surface area contributed by atoms with Crippen LogP contribution in [-0.2, 0) is 9.53 Å². The van der Waals surface area contributed by atoms with Crippen molar-refractivity contribution in [3.05, 3.63) is 18.2 Å². The van der Waals surface area contributed by atoms with Gasteiger partial charge in [0.05, 0.1) is 13.5 Å². The molecule has 1 unspecified atom stereocenters. The number of hydrogen-bond donors (Lipinski definition) is 0. The molecule has 1 heterocycles. The first-order valence-electron chi connectivity index (χ1n) is 4.21. The first-order valence-corrected chi connectivity index (χ1v) is 4.21. The predicted octanol–water partition coefficient (Wildman–Crippen LogP) is 1.32. The average molecular weight is 182 g/mol. The molecule has 0 aliphatic rings. The van der Waals surface area contributed by atoms with Crippen LogP contribution in [0.15, 0.2) is 12.4 Å². The van der Waals surface area contributed by atoms with Crippen molar-refractivity contribution in [2.45, 2.75) is 26.3 Å². The zero-order chi connectivity index (χ0) is 9.84. The summed E-state index contributed by atoms with van der Waals surface area (Å²) in [5.41, 5.74) is 0. The molecule has 0 aliphatic carbocycles. The molecule has 0 aromatic carbocycles. The molecule has 0 amide bonds. The third-order valence-electron chi connectivity index (χ3n) is 2.03. The Bertz CT molecular complexity index is 294. The Kier molecular flexibility index (Phi) is 3.06. The maximum Gasteiger partial charge on any atom is 0.307 e. The Morgan fingerprint density at radius 1 is 1.77 bits per heavy atom. The van der Waals surface area contributed by atoms with Gasteiger partial charge in [-0.05, 0) is 13.8 Å². The number of imidazole rings is 1. The van der Waals surface area contributed by atoms with Crippen LogP contribution in [0.25, 0.3) is 0 Å². The minimum Gasteiger partial charge on any atom is -0.469 e. The van der Waals surface area contributed by atoms with E-state index in [9.17, 15) is 4.79 Å². The van der Waals surface area contributed by atoms with E-state index in [1.165, 1.54) is 7.11 Å². The summed E-state index contributed by atoms with van der Waals surface area (Å²) in [4.78, 5) is 15.1. The normalized spacial score (nSPS) is 12.5. The van der Waals surface area contributed by atoms with Gasteiger partial charge in [0, 0.05) is 18.4 Å². The molecule has 72 valence electrons. The van der Waals surface area contributed by atoms with Crippen molar-refractivity contribution in [3.8, 4) is 0 Å². The molecule has 13 heavy (non-hydrogen) atoms. The molecule has 0 aliphatic heterocycles. The summed E-state index contributed by atoms with van der Waals surface area (Å²) in [5.74, 6) is 0.719. The van der Waals surface area contributed by atoms with Gasteiger partial charge in [-0.3, -0.25) is 4.79 Å². The van der Waals surface area contributed by atoms with E-state index in [0.717, 1.165) is 5.82 Å². The van der Waals surface area contributed by atoms with Crippen LogP contribution in [-0.4, -0.2) is 22.6 Å². The average Bonchev–Trinajstić information content (AvgIpc) is 2.51. The summed E-state index contributed by atoms with van der Waals surface area (Å²) in [6, 6.07) is 0.106. The lowest BCUT2D eigenvalue weighted by atomic mass is 10.2. The predicted molar refractivity (Wildman–Crippen MR) is 48.3 cm³/mol. The summed E-state index contributed by atoms with van der Waals surface area (Å²) in [5, 5.41) is 0. The van der Waals surface area contributed by atoms with Gasteiger partial charge in [0.25, 0.3) is 0 Å². The molecule has 1 rings (SSSR count). The van der Waals surface area contributed by atoms with Crippen molar-refractivity contribution in [3.63, 3.8) is 0 Å². The smallest absolute Gasteiger partial charge is 0.307 e. The van der Waals surface area contributed by atoms with Gasteiger partial charge < -0.3 is 9.30 Å². The van der Waals surface area contributed by atoms with Crippen LogP contribution in [0.5, 0.6) is 0 Å². The molecule has 4 nitrogen and oxygen atoms in total. The standard InChI is InChI=1S/C9H14N2O2/c1-7(6-9(12)13-3)11-5-4-10-8(11)2/h4-5,7H,6H2,1-3H3. The van der Waals surface area contributed by atoms with Crippen molar-refractivity contribution in [2.75, 3.05) is 7.11 Å². The number of esters is 1. The van der Waals surface area contributed by atoms with Crippen LogP contribution < -0.4 is 0 Å². The minimum atomic E-state index is -0.194. The minimum absolute atomic E-state index is 0.106. The molecule has 0 spiro atoms. The van der Waals surface area contributed by atoms with Crippen LogP contribution in [0.4, 0.5) is 0 Å². The van der Waals surface area contributed by atoms with Gasteiger partial charge in [-0.25, -0.2) is 4.98 Å². The van der Waals surface area contributed by atoms with E-state index in [1.807, 2.05) is 24.6 Å². The van der Waals surface area contributed by atoms with Crippen LogP contribution >= 0.6 is 0 Å². The van der Waals surface area contributed by atoms with Gasteiger partial charge >= 0.3 is 5.97 Å². The first-order chi connectivity index (χ1) is 6.15. The van der Waals surface area contributed by atoms with Crippen molar-refractivity contribution >= 4 is 5.97 Å². The quantitative estimate of drug-likeness (QED) is 0.662. The summed E-state index contributed by atoms with van der Waals surface area (Å²) < 4.78 is 6.54. The second-order valence-electron chi connectivity index (χ2n) is 3.01. The third-order valence-corrected chi connectivity index (χ3v) is 2.03. The van der Waals surface area contributed by atoms with Gasteiger partial charge in [0.2, 0.25) is 0 Å². The number of aryl methyl sites for hydroxylation is 1. The van der Waals surface area contributed by atoms with Crippen LogP contribution in [0.1, 0.15) is 25.2 Å².